The highest BCUT2D eigenvalue weighted by Gasteiger charge is 1.97. The van der Waals surface area contributed by atoms with Crippen molar-refractivity contribution in [3.05, 3.63) is 36.4 Å². The molecule has 0 unspecified atom stereocenters. The fourth-order valence-corrected chi connectivity index (χ4v) is 1.83. The zero-order valence-corrected chi connectivity index (χ0v) is 9.94. The predicted molar refractivity (Wildman–Crippen MR) is 71.6 cm³/mol. The third-order valence-corrected chi connectivity index (χ3v) is 2.97. The molecule has 2 nitrogen and oxygen atoms in total. The van der Waals surface area contributed by atoms with E-state index in [1.165, 1.54) is 5.56 Å². The molecule has 0 saturated heterocycles. The number of nitrogens with two attached hydrogens (primary N) is 1. The molecule has 0 atom stereocenters. The van der Waals surface area contributed by atoms with Gasteiger partial charge in [0.1, 0.15) is 0 Å². The summed E-state index contributed by atoms with van der Waals surface area (Å²) < 4.78 is 0. The highest BCUT2D eigenvalue weighted by Crippen LogP contribution is 2.19. The van der Waals surface area contributed by atoms with Gasteiger partial charge in [-0.2, -0.15) is 11.8 Å². The molecule has 0 aromatic heterocycles. The van der Waals surface area contributed by atoms with Gasteiger partial charge >= 0.3 is 0 Å². The molecule has 0 aliphatic rings. The number of thioether (sulfide) groups is 1. The molecule has 0 radical (unpaired) electrons. The van der Waals surface area contributed by atoms with Gasteiger partial charge < -0.3 is 11.1 Å². The molecule has 3 N–H and O–H groups in total. The van der Waals surface area contributed by atoms with Gasteiger partial charge in [0.2, 0.25) is 0 Å². The largest absolute Gasteiger partial charge is 0.397 e. The zero-order chi connectivity index (χ0) is 11.1. The molecule has 0 aliphatic carbocycles. The van der Waals surface area contributed by atoms with Crippen molar-refractivity contribution < 1.29 is 0 Å². The Morgan fingerprint density at radius 1 is 1.53 bits per heavy atom. The molecule has 0 saturated carbocycles. The van der Waals surface area contributed by atoms with Gasteiger partial charge in [-0.3, -0.25) is 0 Å². The number of aryl methyl sites for hydroxylation is 1. The number of nitrogen functional groups attached to an aromatic ring is 1. The normalized spacial score (nSPS) is 9.93. The standard InChI is InChI=1S/C12H18N2S/c1-3-7-15-8-6-14-12-9-10(2)4-5-11(12)13/h3-5,9,14H,1,6-8,13H2,2H3. The summed E-state index contributed by atoms with van der Waals surface area (Å²) in [6.07, 6.45) is 1.92. The third kappa shape index (κ3) is 4.30. The van der Waals surface area contributed by atoms with Gasteiger partial charge in [0.25, 0.3) is 0 Å². The molecule has 0 spiro atoms. The first-order valence-corrected chi connectivity index (χ1v) is 6.18. The molecule has 0 heterocycles. The van der Waals surface area contributed by atoms with Crippen molar-refractivity contribution in [2.75, 3.05) is 29.1 Å². The van der Waals surface area contributed by atoms with Crippen molar-refractivity contribution in [2.45, 2.75) is 6.92 Å². The zero-order valence-electron chi connectivity index (χ0n) is 9.12. The fourth-order valence-electron chi connectivity index (χ4n) is 1.25. The van der Waals surface area contributed by atoms with Gasteiger partial charge in [-0.25, -0.2) is 0 Å². The molecule has 15 heavy (non-hydrogen) atoms. The Kier molecular flexibility index (Phi) is 5.12. The molecular formula is C12H18N2S. The minimum atomic E-state index is 0.814. The van der Waals surface area contributed by atoms with Crippen LogP contribution in [0.15, 0.2) is 30.9 Å². The van der Waals surface area contributed by atoms with Gasteiger partial charge in [-0.15, -0.1) is 6.58 Å². The van der Waals surface area contributed by atoms with Gasteiger partial charge in [0.05, 0.1) is 11.4 Å². The summed E-state index contributed by atoms with van der Waals surface area (Å²) in [6.45, 7) is 6.68. The number of rotatable bonds is 6. The maximum atomic E-state index is 5.84. The maximum absolute atomic E-state index is 5.84. The Bertz CT molecular complexity index is 323. The van der Waals surface area contributed by atoms with Crippen LogP contribution in [0, 0.1) is 6.92 Å². The average molecular weight is 222 g/mol. The first-order valence-electron chi connectivity index (χ1n) is 5.02. The SMILES string of the molecule is C=CCSCCNc1cc(C)ccc1N. The summed E-state index contributed by atoms with van der Waals surface area (Å²) >= 11 is 1.86. The van der Waals surface area contributed by atoms with Crippen LogP contribution in [-0.4, -0.2) is 18.1 Å². The van der Waals surface area contributed by atoms with E-state index in [-0.39, 0.29) is 0 Å². The lowest BCUT2D eigenvalue weighted by molar-refractivity contribution is 1.22. The van der Waals surface area contributed by atoms with Gasteiger partial charge in [0, 0.05) is 18.1 Å². The Hall–Kier alpha value is -1.09. The second kappa shape index (κ2) is 6.40. The van der Waals surface area contributed by atoms with Crippen LogP contribution in [0.1, 0.15) is 5.56 Å². The predicted octanol–water partition coefficient (Wildman–Crippen LogP) is 2.91. The molecule has 0 fully saturated rings. The van der Waals surface area contributed by atoms with Gasteiger partial charge in [-0.05, 0) is 24.6 Å². The van der Waals surface area contributed by atoms with E-state index in [0.29, 0.717) is 0 Å². The van der Waals surface area contributed by atoms with Crippen molar-refractivity contribution in [1.29, 1.82) is 0 Å². The summed E-state index contributed by atoms with van der Waals surface area (Å²) in [5.74, 6) is 2.07. The molecule has 3 heteroatoms. The Labute approximate surface area is 95.9 Å². The van der Waals surface area contributed by atoms with Crippen LogP contribution in [0.25, 0.3) is 0 Å². The molecule has 0 aliphatic heterocycles. The van der Waals surface area contributed by atoms with Gasteiger partial charge in [0.15, 0.2) is 0 Å². The topological polar surface area (TPSA) is 38.0 Å². The lowest BCUT2D eigenvalue weighted by Crippen LogP contribution is -2.06. The van der Waals surface area contributed by atoms with E-state index in [1.807, 2.05) is 30.0 Å². The van der Waals surface area contributed by atoms with Crippen LogP contribution in [-0.2, 0) is 0 Å². The summed E-state index contributed by atoms with van der Waals surface area (Å²) in [4.78, 5) is 0. The summed E-state index contributed by atoms with van der Waals surface area (Å²) in [5, 5.41) is 3.33. The highest BCUT2D eigenvalue weighted by atomic mass is 32.2. The molecule has 1 rings (SSSR count). The maximum Gasteiger partial charge on any atom is 0.0576 e. The van der Waals surface area contributed by atoms with Gasteiger partial charge in [-0.1, -0.05) is 12.1 Å². The van der Waals surface area contributed by atoms with E-state index in [9.17, 15) is 0 Å². The molecule has 0 amide bonds. The number of hydrogen-bond acceptors (Lipinski definition) is 3. The monoisotopic (exact) mass is 222 g/mol. The summed E-state index contributed by atoms with van der Waals surface area (Å²) in [6, 6.07) is 6.04. The number of benzene rings is 1. The lowest BCUT2D eigenvalue weighted by atomic mass is 10.2. The average Bonchev–Trinajstić information content (AvgIpc) is 2.23. The Balaban J connectivity index is 2.36. The van der Waals surface area contributed by atoms with Crippen LogP contribution in [0.5, 0.6) is 0 Å². The van der Waals surface area contributed by atoms with Crippen molar-refractivity contribution in [3.63, 3.8) is 0 Å². The Morgan fingerprint density at radius 3 is 3.07 bits per heavy atom. The van der Waals surface area contributed by atoms with Crippen molar-refractivity contribution in [1.82, 2.24) is 0 Å². The molecule has 1 aromatic rings. The van der Waals surface area contributed by atoms with Crippen LogP contribution < -0.4 is 11.1 Å². The fraction of sp³-hybridized carbons (Fsp3) is 0.333. The Morgan fingerprint density at radius 2 is 2.33 bits per heavy atom. The molecular weight excluding hydrogens is 204 g/mol. The van der Waals surface area contributed by atoms with Crippen LogP contribution in [0.2, 0.25) is 0 Å². The third-order valence-electron chi connectivity index (χ3n) is 2.01. The summed E-state index contributed by atoms with van der Waals surface area (Å²) in [5.41, 5.74) is 8.92. The number of nitrogens with one attached hydrogen (secondary N) is 1. The molecule has 0 bridgehead atoms. The second-order valence-corrected chi connectivity index (χ2v) is 4.53. The van der Waals surface area contributed by atoms with E-state index in [1.54, 1.807) is 0 Å². The number of anilines is 2. The van der Waals surface area contributed by atoms with E-state index >= 15 is 0 Å². The van der Waals surface area contributed by atoms with E-state index in [2.05, 4.69) is 24.9 Å². The quantitative estimate of drug-likeness (QED) is 0.441. The van der Waals surface area contributed by atoms with Crippen LogP contribution >= 0.6 is 11.8 Å². The first kappa shape index (κ1) is 12.0. The van der Waals surface area contributed by atoms with Crippen molar-refractivity contribution >= 4 is 23.1 Å². The van der Waals surface area contributed by atoms with E-state index in [0.717, 1.165) is 29.4 Å². The number of hydrogen-bond donors (Lipinski definition) is 2. The van der Waals surface area contributed by atoms with Crippen LogP contribution in [0.4, 0.5) is 11.4 Å². The lowest BCUT2D eigenvalue weighted by Gasteiger charge is -2.09. The highest BCUT2D eigenvalue weighted by molar-refractivity contribution is 7.99. The molecule has 82 valence electrons. The smallest absolute Gasteiger partial charge is 0.0576 e. The summed E-state index contributed by atoms with van der Waals surface area (Å²) in [7, 11) is 0. The van der Waals surface area contributed by atoms with E-state index < -0.39 is 0 Å². The second-order valence-electron chi connectivity index (χ2n) is 3.38. The van der Waals surface area contributed by atoms with Crippen LogP contribution in [0.3, 0.4) is 0 Å². The van der Waals surface area contributed by atoms with E-state index in [4.69, 9.17) is 5.73 Å². The van der Waals surface area contributed by atoms with Crippen molar-refractivity contribution in [3.8, 4) is 0 Å². The minimum Gasteiger partial charge on any atom is -0.397 e. The minimum absolute atomic E-state index is 0.814. The molecule has 1 aromatic carbocycles. The first-order chi connectivity index (χ1) is 7.24. The van der Waals surface area contributed by atoms with Crippen molar-refractivity contribution in [2.24, 2.45) is 0 Å².